The molecule has 1 atom stereocenters. The van der Waals surface area contributed by atoms with Crippen LogP contribution in [-0.2, 0) is 13.5 Å². The molecule has 0 radical (unpaired) electrons. The Labute approximate surface area is 124 Å². The quantitative estimate of drug-likeness (QED) is 0.673. The monoisotopic (exact) mass is 292 g/mol. The minimum absolute atomic E-state index is 0.0159. The van der Waals surface area contributed by atoms with Crippen molar-refractivity contribution >= 4 is 11.6 Å². The van der Waals surface area contributed by atoms with E-state index >= 15 is 0 Å². The second-order valence-corrected chi connectivity index (χ2v) is 5.56. The topological polar surface area (TPSA) is 55.9 Å². The molecule has 0 spiro atoms. The van der Waals surface area contributed by atoms with Gasteiger partial charge in [-0.3, -0.25) is 16.0 Å². The Morgan fingerprint density at radius 3 is 2.60 bits per heavy atom. The van der Waals surface area contributed by atoms with Crippen LogP contribution in [0.15, 0.2) is 18.2 Å². The number of halogens is 1. The van der Waals surface area contributed by atoms with Gasteiger partial charge in [0, 0.05) is 13.5 Å². The molecule has 0 bridgehead atoms. The number of aromatic nitrogens is 2. The number of nitrogens with one attached hydrogen (secondary N) is 1. The third-order valence-electron chi connectivity index (χ3n) is 3.88. The van der Waals surface area contributed by atoms with Gasteiger partial charge in [-0.25, -0.2) is 0 Å². The van der Waals surface area contributed by atoms with E-state index in [1.807, 2.05) is 18.7 Å². The molecule has 20 heavy (non-hydrogen) atoms. The normalized spacial score (nSPS) is 12.7. The van der Waals surface area contributed by atoms with E-state index in [2.05, 4.69) is 42.6 Å². The average Bonchev–Trinajstić information content (AvgIpc) is 2.65. The fraction of sp³-hybridized carbons (Fsp3) is 0.400. The van der Waals surface area contributed by atoms with E-state index in [9.17, 15) is 0 Å². The van der Waals surface area contributed by atoms with Gasteiger partial charge in [0.25, 0.3) is 0 Å². The van der Waals surface area contributed by atoms with Gasteiger partial charge in [0.1, 0.15) is 0 Å². The Balaban J connectivity index is 2.36. The maximum atomic E-state index is 6.32. The molecule has 0 aliphatic heterocycles. The number of hydrogen-bond acceptors (Lipinski definition) is 3. The molecule has 0 saturated heterocycles. The first-order valence-corrected chi connectivity index (χ1v) is 7.03. The van der Waals surface area contributed by atoms with E-state index in [0.29, 0.717) is 6.42 Å². The van der Waals surface area contributed by atoms with Gasteiger partial charge >= 0.3 is 0 Å². The largest absolute Gasteiger partial charge is 0.271 e. The predicted octanol–water partition coefficient (Wildman–Crippen LogP) is 2.75. The third-order valence-corrected chi connectivity index (χ3v) is 4.37. The highest BCUT2D eigenvalue weighted by molar-refractivity contribution is 6.31. The van der Waals surface area contributed by atoms with Gasteiger partial charge in [0.2, 0.25) is 0 Å². The van der Waals surface area contributed by atoms with Crippen LogP contribution >= 0.6 is 11.6 Å². The number of hydrazine groups is 1. The summed E-state index contributed by atoms with van der Waals surface area (Å²) < 4.78 is 1.83. The highest BCUT2D eigenvalue weighted by Gasteiger charge is 2.19. The van der Waals surface area contributed by atoms with Crippen molar-refractivity contribution in [1.82, 2.24) is 15.2 Å². The molecule has 0 aliphatic carbocycles. The Hall–Kier alpha value is -1.36. The van der Waals surface area contributed by atoms with Crippen molar-refractivity contribution in [3.05, 3.63) is 51.3 Å². The molecule has 1 aromatic carbocycles. The summed E-state index contributed by atoms with van der Waals surface area (Å²) in [4.78, 5) is 0. The minimum atomic E-state index is 0.0159. The van der Waals surface area contributed by atoms with E-state index in [4.69, 9.17) is 17.4 Å². The predicted molar refractivity (Wildman–Crippen MR) is 82.6 cm³/mol. The molecule has 0 fully saturated rings. The summed E-state index contributed by atoms with van der Waals surface area (Å²) in [6, 6.07) is 6.28. The lowest BCUT2D eigenvalue weighted by molar-refractivity contribution is 0.527. The van der Waals surface area contributed by atoms with Gasteiger partial charge in [-0.2, -0.15) is 5.10 Å². The van der Waals surface area contributed by atoms with Crippen molar-refractivity contribution < 1.29 is 0 Å². The molecule has 108 valence electrons. The molecule has 0 aliphatic rings. The first-order valence-electron chi connectivity index (χ1n) is 6.66. The molecule has 1 aromatic heterocycles. The molecule has 3 N–H and O–H groups in total. The summed E-state index contributed by atoms with van der Waals surface area (Å²) in [7, 11) is 1.91. The number of rotatable bonds is 4. The second-order valence-electron chi connectivity index (χ2n) is 5.18. The van der Waals surface area contributed by atoms with Crippen LogP contribution in [0.2, 0.25) is 5.02 Å². The van der Waals surface area contributed by atoms with E-state index in [1.54, 1.807) is 0 Å². The average molecular weight is 293 g/mol. The molecule has 0 amide bonds. The van der Waals surface area contributed by atoms with Crippen molar-refractivity contribution in [2.24, 2.45) is 12.9 Å². The number of nitrogens with zero attached hydrogens (tertiary/aromatic N) is 2. The number of nitrogens with two attached hydrogens (primary N) is 1. The van der Waals surface area contributed by atoms with Crippen LogP contribution in [0.5, 0.6) is 0 Å². The molecule has 1 heterocycles. The molecule has 5 heteroatoms. The lowest BCUT2D eigenvalue weighted by atomic mass is 9.95. The third kappa shape index (κ3) is 2.73. The van der Waals surface area contributed by atoms with E-state index in [0.717, 1.165) is 16.4 Å². The van der Waals surface area contributed by atoms with Gasteiger partial charge in [-0.1, -0.05) is 29.8 Å². The summed E-state index contributed by atoms with van der Waals surface area (Å²) in [5.41, 5.74) is 8.45. The zero-order valence-electron chi connectivity index (χ0n) is 12.4. The lowest BCUT2D eigenvalue weighted by Gasteiger charge is -2.20. The zero-order valence-corrected chi connectivity index (χ0v) is 13.1. The number of aryl methyl sites for hydroxylation is 3. The van der Waals surface area contributed by atoms with Crippen LogP contribution in [0.3, 0.4) is 0 Å². The van der Waals surface area contributed by atoms with Crippen LogP contribution in [0, 0.1) is 20.8 Å². The Morgan fingerprint density at radius 1 is 1.35 bits per heavy atom. The molecule has 1 unspecified atom stereocenters. The Kier molecular flexibility index (Phi) is 4.48. The zero-order chi connectivity index (χ0) is 14.9. The summed E-state index contributed by atoms with van der Waals surface area (Å²) in [6.07, 6.45) is 0.705. The number of benzene rings is 1. The second kappa shape index (κ2) is 5.95. The van der Waals surface area contributed by atoms with Crippen molar-refractivity contribution in [1.29, 1.82) is 0 Å². The molecule has 4 nitrogen and oxygen atoms in total. The summed E-state index contributed by atoms with van der Waals surface area (Å²) in [6.45, 7) is 6.13. The number of hydrogen-bond donors (Lipinski definition) is 2. The van der Waals surface area contributed by atoms with E-state index in [1.165, 1.54) is 16.7 Å². The van der Waals surface area contributed by atoms with Crippen molar-refractivity contribution in [2.45, 2.75) is 33.2 Å². The Bertz CT molecular complexity index is 619. The van der Waals surface area contributed by atoms with Gasteiger partial charge in [-0.15, -0.1) is 0 Å². The molecular formula is C15H21ClN4. The van der Waals surface area contributed by atoms with Crippen molar-refractivity contribution in [2.75, 3.05) is 0 Å². The SMILES string of the molecule is Cc1cccc(C(Cc2c(Cl)c(C)nn2C)NN)c1C. The fourth-order valence-corrected chi connectivity index (χ4v) is 2.74. The van der Waals surface area contributed by atoms with Gasteiger partial charge in [-0.05, 0) is 37.5 Å². The molecule has 2 rings (SSSR count). The van der Waals surface area contributed by atoms with Gasteiger partial charge in [0.05, 0.1) is 22.5 Å². The van der Waals surface area contributed by atoms with E-state index < -0.39 is 0 Å². The summed E-state index contributed by atoms with van der Waals surface area (Å²) in [5.74, 6) is 5.76. The maximum absolute atomic E-state index is 6.32. The summed E-state index contributed by atoms with van der Waals surface area (Å²) >= 11 is 6.32. The van der Waals surface area contributed by atoms with Crippen LogP contribution in [0.25, 0.3) is 0 Å². The standard InChI is InChI=1S/C15H21ClN4/c1-9-6-5-7-12(10(9)2)13(18-17)8-14-15(16)11(3)19-20(14)4/h5-7,13,18H,8,17H2,1-4H3. The Morgan fingerprint density at radius 2 is 2.05 bits per heavy atom. The van der Waals surface area contributed by atoms with Crippen molar-refractivity contribution in [3.8, 4) is 0 Å². The molecular weight excluding hydrogens is 272 g/mol. The summed E-state index contributed by atoms with van der Waals surface area (Å²) in [5, 5.41) is 5.07. The first kappa shape index (κ1) is 15.0. The maximum Gasteiger partial charge on any atom is 0.0847 e. The van der Waals surface area contributed by atoms with Crippen LogP contribution < -0.4 is 11.3 Å². The highest BCUT2D eigenvalue weighted by Crippen LogP contribution is 2.27. The first-order chi connectivity index (χ1) is 9.45. The van der Waals surface area contributed by atoms with Crippen molar-refractivity contribution in [3.63, 3.8) is 0 Å². The highest BCUT2D eigenvalue weighted by atomic mass is 35.5. The fourth-order valence-electron chi connectivity index (χ4n) is 2.51. The molecule has 0 saturated carbocycles. The lowest BCUT2D eigenvalue weighted by Crippen LogP contribution is -2.30. The van der Waals surface area contributed by atoms with E-state index in [-0.39, 0.29) is 6.04 Å². The smallest absolute Gasteiger partial charge is 0.0847 e. The molecule has 2 aromatic rings. The van der Waals surface area contributed by atoms with Crippen LogP contribution in [-0.4, -0.2) is 9.78 Å². The van der Waals surface area contributed by atoms with Crippen LogP contribution in [0.4, 0.5) is 0 Å². The van der Waals surface area contributed by atoms with Crippen LogP contribution in [0.1, 0.15) is 34.1 Å². The van der Waals surface area contributed by atoms with Gasteiger partial charge < -0.3 is 0 Å². The minimum Gasteiger partial charge on any atom is -0.271 e. The van der Waals surface area contributed by atoms with Gasteiger partial charge in [0.15, 0.2) is 0 Å².